The van der Waals surface area contributed by atoms with Gasteiger partial charge in [-0.1, -0.05) is 13.8 Å². The Hall–Kier alpha value is -1.26. The highest BCUT2D eigenvalue weighted by molar-refractivity contribution is 5.31. The summed E-state index contributed by atoms with van der Waals surface area (Å²) in [5.41, 5.74) is -0.220. The van der Waals surface area contributed by atoms with Crippen LogP contribution in [0.5, 0.6) is 5.88 Å². The molecule has 0 spiro atoms. The molecule has 0 aliphatic rings. The Morgan fingerprint density at radius 2 is 1.94 bits per heavy atom. The fraction of sp³-hybridized carbons (Fsp3) is 0.545. The third kappa shape index (κ3) is 3.12. The summed E-state index contributed by atoms with van der Waals surface area (Å²) < 4.78 is 42.2. The van der Waals surface area contributed by atoms with E-state index in [0.717, 1.165) is 6.07 Å². The molecule has 1 aromatic heterocycles. The number of rotatable bonds is 3. The minimum absolute atomic E-state index is 0.342. The van der Waals surface area contributed by atoms with Crippen LogP contribution in [0.2, 0.25) is 0 Å². The number of hydrogen-bond acceptors (Lipinski definition) is 2. The molecular weight excluding hydrogens is 219 g/mol. The Bertz CT molecular complexity index is 361. The van der Waals surface area contributed by atoms with Gasteiger partial charge in [0.2, 0.25) is 5.88 Å². The summed E-state index contributed by atoms with van der Waals surface area (Å²) in [6.45, 7) is 3.96. The normalized spacial score (nSPS) is 11.9. The average Bonchev–Trinajstić information content (AvgIpc) is 2.14. The number of pyridine rings is 1. The molecule has 0 aliphatic carbocycles. The van der Waals surface area contributed by atoms with Crippen LogP contribution in [0.1, 0.15) is 25.1 Å². The van der Waals surface area contributed by atoms with Crippen molar-refractivity contribution in [3.63, 3.8) is 0 Å². The molecule has 0 atom stereocenters. The Morgan fingerprint density at radius 3 is 2.38 bits per heavy atom. The number of nitrogens with zero attached hydrogens (tertiary/aromatic N) is 1. The third-order valence-corrected chi connectivity index (χ3v) is 2.03. The van der Waals surface area contributed by atoms with E-state index >= 15 is 0 Å². The summed E-state index contributed by atoms with van der Waals surface area (Å²) in [5, 5.41) is 0. The second-order valence-corrected chi connectivity index (χ2v) is 3.96. The number of methoxy groups -OCH3 is 1. The molecule has 0 fully saturated rings. The number of hydrogen-bond donors (Lipinski definition) is 0. The van der Waals surface area contributed by atoms with Gasteiger partial charge in [0.25, 0.3) is 0 Å². The van der Waals surface area contributed by atoms with E-state index in [1.54, 1.807) is 0 Å². The van der Waals surface area contributed by atoms with Gasteiger partial charge in [0.15, 0.2) is 0 Å². The van der Waals surface area contributed by atoms with E-state index < -0.39 is 11.7 Å². The van der Waals surface area contributed by atoms with Gasteiger partial charge < -0.3 is 4.74 Å². The van der Waals surface area contributed by atoms with E-state index in [-0.39, 0.29) is 5.88 Å². The van der Waals surface area contributed by atoms with Crippen LogP contribution in [0.15, 0.2) is 12.1 Å². The first-order valence-corrected chi connectivity index (χ1v) is 4.95. The summed E-state index contributed by atoms with van der Waals surface area (Å²) in [6, 6.07) is 2.41. The minimum atomic E-state index is -4.42. The predicted molar refractivity (Wildman–Crippen MR) is 54.3 cm³/mol. The van der Waals surface area contributed by atoms with Gasteiger partial charge in [-0.25, -0.2) is 4.98 Å². The van der Waals surface area contributed by atoms with Crippen LogP contribution in [0.25, 0.3) is 0 Å². The van der Waals surface area contributed by atoms with Crippen molar-refractivity contribution in [2.45, 2.75) is 26.4 Å². The van der Waals surface area contributed by atoms with Crippen molar-refractivity contribution < 1.29 is 17.9 Å². The molecule has 1 heterocycles. The van der Waals surface area contributed by atoms with Gasteiger partial charge >= 0.3 is 6.18 Å². The van der Waals surface area contributed by atoms with Crippen molar-refractivity contribution in [2.24, 2.45) is 5.92 Å². The zero-order chi connectivity index (χ0) is 12.3. The number of ether oxygens (including phenoxy) is 1. The molecule has 5 heteroatoms. The van der Waals surface area contributed by atoms with Crippen LogP contribution in [0.4, 0.5) is 13.2 Å². The van der Waals surface area contributed by atoms with E-state index in [2.05, 4.69) is 9.72 Å². The van der Waals surface area contributed by atoms with E-state index in [0.29, 0.717) is 18.0 Å². The molecule has 0 aromatic carbocycles. The lowest BCUT2D eigenvalue weighted by molar-refractivity contribution is -0.139. The molecule has 0 saturated carbocycles. The maximum atomic E-state index is 12.5. The molecule has 0 unspecified atom stereocenters. The molecule has 90 valence electrons. The van der Waals surface area contributed by atoms with Crippen molar-refractivity contribution in [3.8, 4) is 5.88 Å². The largest absolute Gasteiger partial charge is 0.481 e. The molecule has 1 rings (SSSR count). The van der Waals surface area contributed by atoms with Crippen molar-refractivity contribution >= 4 is 0 Å². The van der Waals surface area contributed by atoms with Crippen LogP contribution in [-0.2, 0) is 12.6 Å². The first-order chi connectivity index (χ1) is 7.34. The van der Waals surface area contributed by atoms with Gasteiger partial charge in [-0.05, 0) is 24.5 Å². The lowest BCUT2D eigenvalue weighted by Crippen LogP contribution is -2.10. The first kappa shape index (κ1) is 12.8. The second-order valence-electron chi connectivity index (χ2n) is 3.96. The van der Waals surface area contributed by atoms with Crippen LogP contribution in [0.3, 0.4) is 0 Å². The van der Waals surface area contributed by atoms with Crippen LogP contribution in [-0.4, -0.2) is 12.1 Å². The van der Waals surface area contributed by atoms with Crippen LogP contribution in [0, 0.1) is 5.92 Å². The van der Waals surface area contributed by atoms with Crippen molar-refractivity contribution in [3.05, 3.63) is 23.4 Å². The maximum absolute atomic E-state index is 12.5. The monoisotopic (exact) mass is 233 g/mol. The van der Waals surface area contributed by atoms with Crippen LogP contribution >= 0.6 is 0 Å². The quantitative estimate of drug-likeness (QED) is 0.799. The lowest BCUT2D eigenvalue weighted by Gasteiger charge is -2.12. The number of alkyl halides is 3. The SMILES string of the molecule is COc1nc(CC(C)C)ccc1C(F)(F)F. The smallest absolute Gasteiger partial charge is 0.421 e. The zero-order valence-corrected chi connectivity index (χ0v) is 9.43. The molecule has 0 aliphatic heterocycles. The number of halogens is 3. The Kier molecular flexibility index (Phi) is 3.78. The number of aromatic nitrogens is 1. The van der Waals surface area contributed by atoms with Gasteiger partial charge in [-0.3, -0.25) is 0 Å². The molecule has 0 saturated heterocycles. The molecular formula is C11H14F3NO. The summed E-state index contributed by atoms with van der Waals surface area (Å²) in [4.78, 5) is 3.86. The maximum Gasteiger partial charge on any atom is 0.421 e. The highest BCUT2D eigenvalue weighted by Crippen LogP contribution is 2.35. The van der Waals surface area contributed by atoms with E-state index in [1.165, 1.54) is 13.2 Å². The highest BCUT2D eigenvalue weighted by atomic mass is 19.4. The van der Waals surface area contributed by atoms with Gasteiger partial charge in [0.05, 0.1) is 7.11 Å². The summed E-state index contributed by atoms with van der Waals surface area (Å²) in [5.74, 6) is -0.0143. The average molecular weight is 233 g/mol. The molecule has 0 N–H and O–H groups in total. The standard InChI is InChI=1S/C11H14F3NO/c1-7(2)6-8-4-5-9(11(12,13)14)10(15-8)16-3/h4-5,7H,6H2,1-3H3. The molecule has 0 radical (unpaired) electrons. The Labute approximate surface area is 92.5 Å². The van der Waals surface area contributed by atoms with Gasteiger partial charge in [-0.15, -0.1) is 0 Å². The summed E-state index contributed by atoms with van der Waals surface area (Å²) >= 11 is 0. The Morgan fingerprint density at radius 1 is 1.31 bits per heavy atom. The summed E-state index contributed by atoms with van der Waals surface area (Å²) in [6.07, 6.45) is -3.79. The van der Waals surface area contributed by atoms with Gasteiger partial charge in [0.1, 0.15) is 5.56 Å². The predicted octanol–water partition coefficient (Wildman–Crippen LogP) is 3.31. The molecule has 0 amide bonds. The zero-order valence-electron chi connectivity index (χ0n) is 9.43. The van der Waals surface area contributed by atoms with Crippen LogP contribution < -0.4 is 4.74 Å². The summed E-state index contributed by atoms with van der Waals surface area (Å²) in [7, 11) is 1.19. The van der Waals surface area contributed by atoms with E-state index in [4.69, 9.17) is 0 Å². The molecule has 0 bridgehead atoms. The minimum Gasteiger partial charge on any atom is -0.481 e. The molecule has 1 aromatic rings. The Balaban J connectivity index is 3.07. The second kappa shape index (κ2) is 4.72. The lowest BCUT2D eigenvalue weighted by atomic mass is 10.1. The van der Waals surface area contributed by atoms with E-state index in [1.807, 2.05) is 13.8 Å². The highest BCUT2D eigenvalue weighted by Gasteiger charge is 2.35. The fourth-order valence-electron chi connectivity index (χ4n) is 1.38. The van der Waals surface area contributed by atoms with Crippen molar-refractivity contribution in [1.82, 2.24) is 4.98 Å². The molecule has 16 heavy (non-hydrogen) atoms. The first-order valence-electron chi connectivity index (χ1n) is 4.95. The third-order valence-electron chi connectivity index (χ3n) is 2.03. The van der Waals surface area contributed by atoms with Gasteiger partial charge in [0, 0.05) is 5.69 Å². The van der Waals surface area contributed by atoms with Crippen molar-refractivity contribution in [1.29, 1.82) is 0 Å². The molecule has 2 nitrogen and oxygen atoms in total. The van der Waals surface area contributed by atoms with Gasteiger partial charge in [-0.2, -0.15) is 13.2 Å². The van der Waals surface area contributed by atoms with E-state index in [9.17, 15) is 13.2 Å². The topological polar surface area (TPSA) is 22.1 Å². The van der Waals surface area contributed by atoms with Crippen molar-refractivity contribution in [2.75, 3.05) is 7.11 Å². The fourth-order valence-corrected chi connectivity index (χ4v) is 1.38.